The molecule has 3 aromatic carbocycles. The number of halogens is 3. The molecule has 9 nitrogen and oxygen atoms in total. The van der Waals surface area contributed by atoms with Gasteiger partial charge in [0.05, 0.1) is 5.69 Å². The summed E-state index contributed by atoms with van der Waals surface area (Å²) in [5.41, 5.74) is -6.17. The number of alkyl halides is 3. The molecule has 0 aliphatic carbocycles. The maximum atomic E-state index is 13.4. The van der Waals surface area contributed by atoms with Gasteiger partial charge < -0.3 is 24.0 Å². The largest absolute Gasteiger partial charge is 0.534 e. The average Bonchev–Trinajstić information content (AvgIpc) is 2.87. The number of ether oxygens (including phenoxy) is 1. The zero-order valence-electron chi connectivity index (χ0n) is 22.0. The Kier molecular flexibility index (Phi) is 7.88. The van der Waals surface area contributed by atoms with Crippen LogP contribution in [0.5, 0.6) is 5.75 Å². The molecule has 13 heteroatoms. The molecule has 0 radical (unpaired) electrons. The minimum Gasteiger partial charge on any atom is -0.444 e. The van der Waals surface area contributed by atoms with Gasteiger partial charge in [-0.05, 0) is 49.7 Å². The Morgan fingerprint density at radius 2 is 1.50 bits per heavy atom. The number of carbonyl (C=O) groups is 2. The van der Waals surface area contributed by atoms with E-state index in [1.807, 2.05) is 0 Å². The van der Waals surface area contributed by atoms with E-state index in [1.165, 1.54) is 17.0 Å². The third kappa shape index (κ3) is 6.41. The number of carbonyl (C=O) groups excluding carboxylic acids is 2. The molecular formula is C27H28F3N3O6S. The van der Waals surface area contributed by atoms with E-state index in [2.05, 4.69) is 9.50 Å². The summed E-state index contributed by atoms with van der Waals surface area (Å²) in [6, 6.07) is 15.9. The monoisotopic (exact) mass is 579 g/mol. The van der Waals surface area contributed by atoms with Crippen molar-refractivity contribution in [3.8, 4) is 5.75 Å². The molecule has 0 saturated carbocycles. The number of fused-ring (bicyclic) bond motifs is 1. The van der Waals surface area contributed by atoms with Crippen LogP contribution in [0.3, 0.4) is 0 Å². The third-order valence-corrected chi connectivity index (χ3v) is 7.00. The fourth-order valence-corrected chi connectivity index (χ4v) is 4.67. The molecule has 1 N–H and O–H groups in total. The Balaban J connectivity index is 1.68. The van der Waals surface area contributed by atoms with Crippen LogP contribution in [-0.4, -0.2) is 62.6 Å². The van der Waals surface area contributed by atoms with Crippen LogP contribution in [0.2, 0.25) is 0 Å². The maximum Gasteiger partial charge on any atom is 0.534 e. The zero-order chi connectivity index (χ0) is 29.3. The number of rotatable bonds is 5. The van der Waals surface area contributed by atoms with Gasteiger partial charge in [0.2, 0.25) is 0 Å². The number of anilines is 2. The summed E-state index contributed by atoms with van der Waals surface area (Å²) in [5, 5.41) is 3.94. The minimum atomic E-state index is -6.03. The molecule has 1 saturated heterocycles. The molecule has 3 aromatic rings. The molecular weight excluding hydrogens is 551 g/mol. The van der Waals surface area contributed by atoms with Crippen molar-refractivity contribution < 1.29 is 40.1 Å². The minimum absolute atomic E-state index is 0.220. The van der Waals surface area contributed by atoms with Gasteiger partial charge >= 0.3 is 21.7 Å². The highest BCUT2D eigenvalue weighted by atomic mass is 32.2. The van der Waals surface area contributed by atoms with Gasteiger partial charge in [0.1, 0.15) is 11.3 Å². The van der Waals surface area contributed by atoms with Crippen LogP contribution in [0, 0.1) is 0 Å². The van der Waals surface area contributed by atoms with Crippen molar-refractivity contribution in [2.24, 2.45) is 0 Å². The number of hydrogen-bond donors (Lipinski definition) is 1. The highest BCUT2D eigenvalue weighted by Gasteiger charge is 2.49. The topological polar surface area (TPSA) is 105 Å². The summed E-state index contributed by atoms with van der Waals surface area (Å²) >= 11 is 0. The SMILES string of the molecule is CC(C)(C)OC(=O)N1CCN(c2cccc(OS(=O)(=O)C(F)(F)F)c2NC(=O)c2cccc3ccccc23)CC1. The van der Waals surface area contributed by atoms with Crippen molar-refractivity contribution in [2.75, 3.05) is 36.4 Å². The number of amides is 2. The summed E-state index contributed by atoms with van der Waals surface area (Å²) in [6.07, 6.45) is -0.509. The number of hydrogen-bond acceptors (Lipinski definition) is 7. The summed E-state index contributed by atoms with van der Waals surface area (Å²) < 4.78 is 73.2. The molecule has 4 rings (SSSR count). The molecule has 0 spiro atoms. The molecule has 40 heavy (non-hydrogen) atoms. The Bertz CT molecular complexity index is 1520. The second-order valence-electron chi connectivity index (χ2n) is 10.1. The fraction of sp³-hybridized carbons (Fsp3) is 0.333. The first kappa shape index (κ1) is 29.0. The van der Waals surface area contributed by atoms with E-state index in [4.69, 9.17) is 4.74 Å². The van der Waals surface area contributed by atoms with Gasteiger partial charge in [0, 0.05) is 31.7 Å². The Morgan fingerprint density at radius 1 is 0.875 bits per heavy atom. The maximum absolute atomic E-state index is 13.4. The molecule has 214 valence electrons. The summed E-state index contributed by atoms with van der Waals surface area (Å²) in [6.45, 7) is 6.12. The van der Waals surface area contributed by atoms with Crippen molar-refractivity contribution in [3.63, 3.8) is 0 Å². The molecule has 0 aromatic heterocycles. The van der Waals surface area contributed by atoms with Gasteiger partial charge in [0.25, 0.3) is 5.91 Å². The molecule has 1 fully saturated rings. The summed E-state index contributed by atoms with van der Waals surface area (Å²) in [5.74, 6) is -1.37. The molecule has 1 aliphatic rings. The van der Waals surface area contributed by atoms with Gasteiger partial charge in [-0.15, -0.1) is 0 Å². The Hall–Kier alpha value is -4.00. The summed E-state index contributed by atoms with van der Waals surface area (Å²) in [7, 11) is -6.03. The molecule has 0 bridgehead atoms. The van der Waals surface area contributed by atoms with Crippen LogP contribution in [0.25, 0.3) is 10.8 Å². The number of benzene rings is 3. The molecule has 1 aliphatic heterocycles. The van der Waals surface area contributed by atoms with E-state index in [9.17, 15) is 31.2 Å². The van der Waals surface area contributed by atoms with Crippen molar-refractivity contribution in [2.45, 2.75) is 31.9 Å². The van der Waals surface area contributed by atoms with Crippen LogP contribution in [0.15, 0.2) is 60.7 Å². The lowest BCUT2D eigenvalue weighted by atomic mass is 10.0. The second-order valence-corrected chi connectivity index (χ2v) is 11.6. The van der Waals surface area contributed by atoms with Crippen LogP contribution < -0.4 is 14.4 Å². The van der Waals surface area contributed by atoms with E-state index in [-0.39, 0.29) is 43.1 Å². The zero-order valence-corrected chi connectivity index (χ0v) is 22.8. The van der Waals surface area contributed by atoms with E-state index in [1.54, 1.807) is 68.1 Å². The average molecular weight is 580 g/mol. The van der Waals surface area contributed by atoms with Gasteiger partial charge in [-0.1, -0.05) is 42.5 Å². The van der Waals surface area contributed by atoms with E-state index < -0.39 is 39.0 Å². The van der Waals surface area contributed by atoms with Crippen molar-refractivity contribution in [1.82, 2.24) is 4.90 Å². The molecule has 2 amide bonds. The van der Waals surface area contributed by atoms with Crippen LogP contribution >= 0.6 is 0 Å². The van der Waals surface area contributed by atoms with E-state index in [0.717, 1.165) is 11.5 Å². The van der Waals surface area contributed by atoms with Gasteiger partial charge in [0.15, 0.2) is 5.75 Å². The summed E-state index contributed by atoms with van der Waals surface area (Å²) in [4.78, 5) is 29.1. The standard InChI is InChI=1S/C27H28F3N3O6S/c1-26(2,3)38-25(35)33-16-14-32(15-17-33)21-12-7-13-22(39-40(36,37)27(28,29)30)23(21)31-24(34)20-11-6-9-18-8-4-5-10-19(18)20/h4-13H,14-17H2,1-3H3,(H,31,34). The number of nitrogens with one attached hydrogen (secondary N) is 1. The first-order valence-corrected chi connectivity index (χ1v) is 13.7. The van der Waals surface area contributed by atoms with Gasteiger partial charge in [-0.2, -0.15) is 21.6 Å². The van der Waals surface area contributed by atoms with Crippen molar-refractivity contribution >= 4 is 44.3 Å². The number of nitrogens with zero attached hydrogens (tertiary/aromatic N) is 2. The van der Waals surface area contributed by atoms with Crippen LogP contribution in [0.4, 0.5) is 29.3 Å². The lowest BCUT2D eigenvalue weighted by Crippen LogP contribution is -2.50. The van der Waals surface area contributed by atoms with Gasteiger partial charge in [-0.3, -0.25) is 4.79 Å². The van der Waals surface area contributed by atoms with Crippen molar-refractivity contribution in [1.29, 1.82) is 0 Å². The number of para-hydroxylation sites is 1. The highest BCUT2D eigenvalue weighted by Crippen LogP contribution is 2.39. The van der Waals surface area contributed by atoms with E-state index in [0.29, 0.717) is 5.39 Å². The predicted octanol–water partition coefficient (Wildman–Crippen LogP) is 5.38. The first-order chi connectivity index (χ1) is 18.7. The fourth-order valence-electron chi connectivity index (χ4n) is 4.20. The van der Waals surface area contributed by atoms with Gasteiger partial charge in [-0.25, -0.2) is 4.79 Å². The van der Waals surface area contributed by atoms with E-state index >= 15 is 0 Å². The predicted molar refractivity (Wildman–Crippen MR) is 144 cm³/mol. The Morgan fingerprint density at radius 3 is 2.15 bits per heavy atom. The lowest BCUT2D eigenvalue weighted by molar-refractivity contribution is -0.0499. The smallest absolute Gasteiger partial charge is 0.444 e. The Labute approximate surface area is 229 Å². The van der Waals surface area contributed by atoms with Crippen molar-refractivity contribution in [3.05, 3.63) is 66.2 Å². The first-order valence-electron chi connectivity index (χ1n) is 12.3. The van der Waals surface area contributed by atoms with Crippen LogP contribution in [0.1, 0.15) is 31.1 Å². The molecule has 1 heterocycles. The molecule has 0 atom stereocenters. The quantitative estimate of drug-likeness (QED) is 0.320. The number of piperazine rings is 1. The van der Waals surface area contributed by atoms with Crippen LogP contribution in [-0.2, 0) is 14.9 Å². The highest BCUT2D eigenvalue weighted by molar-refractivity contribution is 7.88. The third-order valence-electron chi connectivity index (χ3n) is 6.03. The second kappa shape index (κ2) is 10.9. The molecule has 0 unspecified atom stereocenters. The lowest BCUT2D eigenvalue weighted by Gasteiger charge is -2.37. The normalized spacial score (nSPS) is 14.7.